The number of nitrogens with zero attached hydrogens (tertiary/aromatic N) is 1. The number of carbonyl (C=O) groups is 2. The number of benzene rings is 1. The highest BCUT2D eigenvalue weighted by molar-refractivity contribution is 8.00. The van der Waals surface area contributed by atoms with Crippen LogP contribution in [0.5, 0.6) is 0 Å². The van der Waals surface area contributed by atoms with E-state index in [-0.39, 0.29) is 11.2 Å². The Morgan fingerprint density at radius 2 is 1.95 bits per heavy atom. The molecule has 6 heteroatoms. The number of hydrogen-bond acceptors (Lipinski definition) is 4. The summed E-state index contributed by atoms with van der Waals surface area (Å²) in [6, 6.07) is 8.65. The zero-order chi connectivity index (χ0) is 16.3. The number of ether oxygens (including phenoxy) is 1. The molecule has 120 valence electrons. The molecule has 0 aliphatic carbocycles. The number of amides is 2. The van der Waals surface area contributed by atoms with Crippen LogP contribution in [0.25, 0.3) is 0 Å². The third-order valence-electron chi connectivity index (χ3n) is 3.58. The fraction of sp³-hybridized carbons (Fsp3) is 0.500. The summed E-state index contributed by atoms with van der Waals surface area (Å²) < 4.78 is 4.79. The molecule has 1 saturated heterocycles. The van der Waals surface area contributed by atoms with E-state index in [0.717, 1.165) is 4.90 Å². The van der Waals surface area contributed by atoms with E-state index in [9.17, 15) is 9.59 Å². The molecule has 2 amide bonds. The summed E-state index contributed by atoms with van der Waals surface area (Å²) in [5.41, 5.74) is 0. The van der Waals surface area contributed by atoms with Gasteiger partial charge in [-0.05, 0) is 12.1 Å². The van der Waals surface area contributed by atoms with Crippen LogP contribution >= 0.6 is 11.8 Å². The average Bonchev–Trinajstić information content (AvgIpc) is 2.84. The Morgan fingerprint density at radius 1 is 1.32 bits per heavy atom. The van der Waals surface area contributed by atoms with Crippen LogP contribution in [-0.4, -0.2) is 43.4 Å². The standard InChI is InChI=1S/C16H23NO3SSi/c1-12(11-15(18)17-9-10-20-16(17)19)21-13-5-7-14(8-6-13)22(2,3)4/h5-8,12H,9-11H2,1-4H3/t12-/m0/s1. The van der Waals surface area contributed by atoms with Gasteiger partial charge in [-0.3, -0.25) is 4.79 Å². The first-order valence-electron chi connectivity index (χ1n) is 7.51. The third kappa shape index (κ3) is 4.36. The third-order valence-corrected chi connectivity index (χ3v) is 6.76. The second-order valence-electron chi connectivity index (χ2n) is 6.57. The molecule has 0 N–H and O–H groups in total. The van der Waals surface area contributed by atoms with Crippen LogP contribution in [0.3, 0.4) is 0 Å². The summed E-state index contributed by atoms with van der Waals surface area (Å²) in [4.78, 5) is 25.8. The molecule has 0 unspecified atom stereocenters. The molecule has 1 aliphatic rings. The normalized spacial score (nSPS) is 16.5. The minimum Gasteiger partial charge on any atom is -0.447 e. The predicted molar refractivity (Wildman–Crippen MR) is 92.4 cm³/mol. The first-order chi connectivity index (χ1) is 10.3. The van der Waals surface area contributed by atoms with Crippen molar-refractivity contribution in [2.24, 2.45) is 0 Å². The van der Waals surface area contributed by atoms with Gasteiger partial charge in [-0.25, -0.2) is 9.69 Å². The molecular formula is C16H23NO3SSi. The highest BCUT2D eigenvalue weighted by Crippen LogP contribution is 2.25. The summed E-state index contributed by atoms with van der Waals surface area (Å²) in [5.74, 6) is -0.152. The second-order valence-corrected chi connectivity index (χ2v) is 13.2. The maximum atomic E-state index is 12.1. The van der Waals surface area contributed by atoms with Gasteiger partial charge in [0.05, 0.1) is 14.6 Å². The Labute approximate surface area is 137 Å². The predicted octanol–water partition coefficient (Wildman–Crippen LogP) is 3.08. The van der Waals surface area contributed by atoms with Crippen molar-refractivity contribution in [3.05, 3.63) is 24.3 Å². The quantitative estimate of drug-likeness (QED) is 0.612. The molecule has 0 spiro atoms. The minimum atomic E-state index is -1.27. The molecule has 0 bridgehead atoms. The number of imide groups is 1. The molecule has 1 fully saturated rings. The molecule has 2 rings (SSSR count). The van der Waals surface area contributed by atoms with Crippen molar-refractivity contribution in [1.29, 1.82) is 0 Å². The average molecular weight is 338 g/mol. The maximum Gasteiger partial charge on any atom is 0.416 e. The van der Waals surface area contributed by atoms with E-state index >= 15 is 0 Å². The van der Waals surface area contributed by atoms with Crippen molar-refractivity contribution < 1.29 is 14.3 Å². The van der Waals surface area contributed by atoms with E-state index in [4.69, 9.17) is 4.74 Å². The van der Waals surface area contributed by atoms with E-state index in [1.54, 1.807) is 11.8 Å². The second kappa shape index (κ2) is 6.87. The van der Waals surface area contributed by atoms with Crippen LogP contribution in [0, 0.1) is 0 Å². The van der Waals surface area contributed by atoms with Gasteiger partial charge in [-0.2, -0.15) is 0 Å². The Balaban J connectivity index is 1.90. The molecule has 22 heavy (non-hydrogen) atoms. The van der Waals surface area contributed by atoms with Gasteiger partial charge in [0.1, 0.15) is 6.61 Å². The Kier molecular flexibility index (Phi) is 5.34. The Morgan fingerprint density at radius 3 is 2.45 bits per heavy atom. The first kappa shape index (κ1) is 17.1. The van der Waals surface area contributed by atoms with Crippen LogP contribution in [-0.2, 0) is 9.53 Å². The minimum absolute atomic E-state index is 0.124. The van der Waals surface area contributed by atoms with E-state index in [1.165, 1.54) is 10.1 Å². The van der Waals surface area contributed by atoms with Gasteiger partial charge in [-0.1, -0.05) is 43.9 Å². The lowest BCUT2D eigenvalue weighted by Gasteiger charge is -2.18. The number of cyclic esters (lactones) is 1. The molecule has 0 aromatic heterocycles. The van der Waals surface area contributed by atoms with Crippen LogP contribution in [0.15, 0.2) is 29.2 Å². The monoisotopic (exact) mass is 337 g/mol. The number of carbonyl (C=O) groups excluding carboxylic acids is 2. The Bertz CT molecular complexity index is 554. The topological polar surface area (TPSA) is 46.6 Å². The van der Waals surface area contributed by atoms with E-state index in [2.05, 4.69) is 43.9 Å². The van der Waals surface area contributed by atoms with Crippen molar-refractivity contribution in [2.45, 2.75) is 43.1 Å². The molecule has 1 aromatic rings. The fourth-order valence-corrected chi connectivity index (χ4v) is 4.43. The van der Waals surface area contributed by atoms with E-state index < -0.39 is 14.2 Å². The highest BCUT2D eigenvalue weighted by Gasteiger charge is 2.29. The van der Waals surface area contributed by atoms with Gasteiger partial charge in [-0.15, -0.1) is 11.8 Å². The van der Waals surface area contributed by atoms with Gasteiger partial charge >= 0.3 is 6.09 Å². The van der Waals surface area contributed by atoms with Crippen LogP contribution in [0.2, 0.25) is 19.6 Å². The molecule has 1 atom stereocenters. The van der Waals surface area contributed by atoms with Crippen LogP contribution < -0.4 is 5.19 Å². The van der Waals surface area contributed by atoms with Crippen LogP contribution in [0.1, 0.15) is 13.3 Å². The first-order valence-corrected chi connectivity index (χ1v) is 11.9. The molecule has 0 saturated carbocycles. The SMILES string of the molecule is C[C@@H](CC(=O)N1CCOC1=O)Sc1ccc([Si](C)(C)C)cc1. The zero-order valence-corrected chi connectivity index (χ0v) is 15.4. The number of hydrogen-bond donors (Lipinski definition) is 0. The van der Waals surface area contributed by atoms with Gasteiger partial charge in [0, 0.05) is 16.6 Å². The number of thioether (sulfide) groups is 1. The highest BCUT2D eigenvalue weighted by atomic mass is 32.2. The lowest BCUT2D eigenvalue weighted by Crippen LogP contribution is -2.37. The number of rotatable bonds is 5. The summed E-state index contributed by atoms with van der Waals surface area (Å²) in [5, 5.41) is 1.55. The molecular weight excluding hydrogens is 314 g/mol. The van der Waals surface area contributed by atoms with E-state index in [1.807, 2.05) is 6.92 Å². The van der Waals surface area contributed by atoms with Crippen molar-refractivity contribution in [3.8, 4) is 0 Å². The summed E-state index contributed by atoms with van der Waals surface area (Å²) in [7, 11) is -1.27. The lowest BCUT2D eigenvalue weighted by atomic mass is 10.3. The Hall–Kier alpha value is -1.27. The smallest absolute Gasteiger partial charge is 0.416 e. The molecule has 0 radical (unpaired) electrons. The lowest BCUT2D eigenvalue weighted by molar-refractivity contribution is -0.127. The maximum absolute atomic E-state index is 12.1. The summed E-state index contributed by atoms with van der Waals surface area (Å²) in [6.45, 7) is 9.67. The molecule has 1 heterocycles. The van der Waals surface area contributed by atoms with Crippen molar-refractivity contribution in [2.75, 3.05) is 13.2 Å². The fourth-order valence-electron chi connectivity index (χ4n) is 2.28. The van der Waals surface area contributed by atoms with Crippen molar-refractivity contribution in [3.63, 3.8) is 0 Å². The van der Waals surface area contributed by atoms with Gasteiger partial charge < -0.3 is 4.74 Å². The van der Waals surface area contributed by atoms with Gasteiger partial charge in [0.2, 0.25) is 5.91 Å². The van der Waals surface area contributed by atoms with Crippen molar-refractivity contribution >= 4 is 37.0 Å². The van der Waals surface area contributed by atoms with E-state index in [0.29, 0.717) is 19.6 Å². The van der Waals surface area contributed by atoms with Gasteiger partial charge in [0.25, 0.3) is 0 Å². The molecule has 1 aliphatic heterocycles. The van der Waals surface area contributed by atoms with Crippen LogP contribution in [0.4, 0.5) is 4.79 Å². The summed E-state index contributed by atoms with van der Waals surface area (Å²) >= 11 is 1.67. The summed E-state index contributed by atoms with van der Waals surface area (Å²) in [6.07, 6.45) is -0.170. The molecule has 4 nitrogen and oxygen atoms in total. The van der Waals surface area contributed by atoms with Crippen molar-refractivity contribution in [1.82, 2.24) is 4.90 Å². The molecule has 1 aromatic carbocycles. The largest absolute Gasteiger partial charge is 0.447 e. The zero-order valence-electron chi connectivity index (χ0n) is 13.6. The van der Waals surface area contributed by atoms with Gasteiger partial charge in [0.15, 0.2) is 0 Å².